The highest BCUT2D eigenvalue weighted by Gasteiger charge is 2.75. The maximum atomic E-state index is 14.1. The van der Waals surface area contributed by atoms with Gasteiger partial charge in [-0.3, -0.25) is 14.4 Å². The molecule has 196 valence electrons. The summed E-state index contributed by atoms with van der Waals surface area (Å²) in [5, 5.41) is 13.8. The smallest absolute Gasteiger partial charge is 0.312 e. The minimum absolute atomic E-state index is 0.183. The zero-order valence-electron chi connectivity index (χ0n) is 20.9. The molecule has 37 heavy (non-hydrogen) atoms. The first-order chi connectivity index (χ1) is 17.8. The number of nitrogens with one attached hydrogen (secondary N) is 1. The number of hydrogen-bond acceptors (Lipinski definition) is 6. The van der Waals surface area contributed by atoms with E-state index in [9.17, 15) is 19.5 Å². The van der Waals surface area contributed by atoms with Crippen molar-refractivity contribution in [3.05, 3.63) is 64.7 Å². The number of carbonyl (C=O) groups is 3. The number of amides is 2. The van der Waals surface area contributed by atoms with Crippen LogP contribution in [-0.4, -0.2) is 64.8 Å². The van der Waals surface area contributed by atoms with Crippen molar-refractivity contribution in [2.24, 2.45) is 11.8 Å². The predicted molar refractivity (Wildman–Crippen MR) is 137 cm³/mol. The zero-order valence-corrected chi connectivity index (χ0v) is 21.6. The Balaban J connectivity index is 1.56. The normalized spacial score (nSPS) is 28.8. The van der Waals surface area contributed by atoms with E-state index in [1.807, 2.05) is 43.3 Å². The molecular weight excluding hydrogens is 496 g/mol. The number of nitrogens with zero attached hydrogens (tertiary/aromatic N) is 1. The lowest BCUT2D eigenvalue weighted by atomic mass is 9.70. The number of aliphatic hydroxyl groups is 1. The van der Waals surface area contributed by atoms with Crippen molar-refractivity contribution in [2.75, 3.05) is 18.5 Å². The standard InChI is InChI=1S/C28H31ClN2O6/c1-3-36-27(35)21-20-12-13-28(37-20)22(21)26(34)31(18(15-32)14-17-9-5-4-6-10-17)24(28)25(33)30-23-16(2)8-7-11-19(23)29/h4-11,18,20-22,24,32H,3,12-15H2,1-2H3,(H,30,33)/t18-,20+,21-,22-,24+,28-/m1/s1. The lowest BCUT2D eigenvalue weighted by molar-refractivity contribution is -0.155. The number of ether oxygens (including phenoxy) is 2. The van der Waals surface area contributed by atoms with E-state index in [4.69, 9.17) is 21.1 Å². The molecule has 0 radical (unpaired) electrons. The molecule has 3 heterocycles. The van der Waals surface area contributed by atoms with Gasteiger partial charge in [-0.15, -0.1) is 0 Å². The topological polar surface area (TPSA) is 105 Å². The van der Waals surface area contributed by atoms with Crippen molar-refractivity contribution in [1.29, 1.82) is 0 Å². The van der Waals surface area contributed by atoms with Gasteiger partial charge in [0, 0.05) is 0 Å². The highest BCUT2D eigenvalue weighted by molar-refractivity contribution is 6.34. The Bertz CT molecular complexity index is 1190. The molecular formula is C28H31ClN2O6. The molecule has 2 amide bonds. The van der Waals surface area contributed by atoms with E-state index in [2.05, 4.69) is 5.32 Å². The first kappa shape index (κ1) is 25.7. The van der Waals surface area contributed by atoms with E-state index in [-0.39, 0.29) is 19.1 Å². The minimum Gasteiger partial charge on any atom is -0.466 e. The molecule has 3 aliphatic rings. The molecule has 1 spiro atoms. The minimum atomic E-state index is -1.19. The fourth-order valence-corrected chi connectivity index (χ4v) is 6.68. The monoisotopic (exact) mass is 526 g/mol. The first-order valence-electron chi connectivity index (χ1n) is 12.7. The SMILES string of the molecule is CCOC(=O)[C@@H]1[C@@H]2CC[C@]3(O2)[C@H](C(=O)Nc2c(C)cccc2Cl)N([C@@H](CO)Cc2ccccc2)C(=O)[C@@H]13. The third-order valence-electron chi connectivity index (χ3n) is 7.93. The highest BCUT2D eigenvalue weighted by Crippen LogP contribution is 2.59. The van der Waals surface area contributed by atoms with Gasteiger partial charge in [-0.25, -0.2) is 0 Å². The lowest BCUT2D eigenvalue weighted by Crippen LogP contribution is -2.56. The number of carbonyl (C=O) groups excluding carboxylic acids is 3. The Kier molecular flexibility index (Phi) is 7.00. The third kappa shape index (κ3) is 4.21. The Hall–Kier alpha value is -2.94. The molecule has 3 saturated heterocycles. The maximum Gasteiger partial charge on any atom is 0.312 e. The average molecular weight is 527 g/mol. The molecule has 0 unspecified atom stereocenters. The molecule has 2 N–H and O–H groups in total. The summed E-state index contributed by atoms with van der Waals surface area (Å²) in [6.07, 6.45) is 0.838. The summed E-state index contributed by atoms with van der Waals surface area (Å²) in [5.41, 5.74) is 0.953. The van der Waals surface area contributed by atoms with Crippen molar-refractivity contribution in [3.63, 3.8) is 0 Å². The van der Waals surface area contributed by atoms with Crippen LogP contribution in [0.1, 0.15) is 30.9 Å². The number of anilines is 1. The van der Waals surface area contributed by atoms with Gasteiger partial charge in [0.25, 0.3) is 0 Å². The fourth-order valence-electron chi connectivity index (χ4n) is 6.41. The molecule has 2 aromatic carbocycles. The van der Waals surface area contributed by atoms with Gasteiger partial charge in [0.05, 0.1) is 47.9 Å². The molecule has 2 bridgehead atoms. The second kappa shape index (κ2) is 10.1. The van der Waals surface area contributed by atoms with Crippen molar-refractivity contribution in [3.8, 4) is 0 Å². The van der Waals surface area contributed by atoms with Gasteiger partial charge in [-0.2, -0.15) is 0 Å². The summed E-state index contributed by atoms with van der Waals surface area (Å²) >= 11 is 6.40. The molecule has 2 aromatic rings. The summed E-state index contributed by atoms with van der Waals surface area (Å²) in [5.74, 6) is -2.97. The van der Waals surface area contributed by atoms with Gasteiger partial charge in [0.15, 0.2) is 0 Å². The molecule has 9 heteroatoms. The second-order valence-electron chi connectivity index (χ2n) is 10.0. The second-order valence-corrected chi connectivity index (χ2v) is 10.4. The number of hydrogen-bond donors (Lipinski definition) is 2. The van der Waals surface area contributed by atoms with Crippen molar-refractivity contribution in [2.45, 2.75) is 56.9 Å². The Morgan fingerprint density at radius 3 is 2.68 bits per heavy atom. The van der Waals surface area contributed by atoms with Crippen LogP contribution < -0.4 is 5.32 Å². The predicted octanol–water partition coefficient (Wildman–Crippen LogP) is 3.13. The van der Waals surface area contributed by atoms with E-state index >= 15 is 0 Å². The molecule has 0 saturated carbocycles. The molecule has 6 atom stereocenters. The Morgan fingerprint density at radius 2 is 2.00 bits per heavy atom. The highest BCUT2D eigenvalue weighted by atomic mass is 35.5. The lowest BCUT2D eigenvalue weighted by Gasteiger charge is -2.37. The van der Waals surface area contributed by atoms with Crippen LogP contribution in [0.5, 0.6) is 0 Å². The van der Waals surface area contributed by atoms with Crippen LogP contribution in [0.25, 0.3) is 0 Å². The summed E-state index contributed by atoms with van der Waals surface area (Å²) in [4.78, 5) is 42.6. The number of fused-ring (bicyclic) bond motifs is 1. The summed E-state index contributed by atoms with van der Waals surface area (Å²) in [6.45, 7) is 3.38. The average Bonchev–Trinajstić information content (AvgIpc) is 3.53. The summed E-state index contributed by atoms with van der Waals surface area (Å²) < 4.78 is 11.7. The van der Waals surface area contributed by atoms with Crippen molar-refractivity contribution < 1.29 is 29.0 Å². The van der Waals surface area contributed by atoms with Crippen molar-refractivity contribution >= 4 is 35.1 Å². The van der Waals surface area contributed by atoms with Gasteiger partial charge < -0.3 is 24.8 Å². The van der Waals surface area contributed by atoms with Gasteiger partial charge in [0.2, 0.25) is 11.8 Å². The Labute approximate surface area is 220 Å². The number of halogens is 1. The zero-order chi connectivity index (χ0) is 26.3. The molecule has 8 nitrogen and oxygen atoms in total. The quantitative estimate of drug-likeness (QED) is 0.512. The fraction of sp³-hybridized carbons (Fsp3) is 0.464. The van der Waals surface area contributed by atoms with Gasteiger partial charge in [0.1, 0.15) is 11.6 Å². The number of benzene rings is 2. The van der Waals surface area contributed by atoms with Crippen LogP contribution in [-0.2, 0) is 30.3 Å². The summed E-state index contributed by atoms with van der Waals surface area (Å²) in [6, 6.07) is 13.0. The van der Waals surface area contributed by atoms with Crippen LogP contribution in [0.15, 0.2) is 48.5 Å². The van der Waals surface area contributed by atoms with Gasteiger partial charge in [-0.1, -0.05) is 54.1 Å². The molecule has 3 fully saturated rings. The van der Waals surface area contributed by atoms with Crippen molar-refractivity contribution in [1.82, 2.24) is 4.90 Å². The van der Waals surface area contributed by atoms with E-state index in [1.165, 1.54) is 4.90 Å². The first-order valence-corrected chi connectivity index (χ1v) is 13.1. The van der Waals surface area contributed by atoms with Crippen LogP contribution in [0.3, 0.4) is 0 Å². The molecule has 5 rings (SSSR count). The van der Waals surface area contributed by atoms with Crippen LogP contribution in [0.2, 0.25) is 5.02 Å². The third-order valence-corrected chi connectivity index (χ3v) is 8.25. The molecule has 0 aliphatic carbocycles. The van der Waals surface area contributed by atoms with E-state index in [0.717, 1.165) is 11.1 Å². The number of aryl methyl sites for hydroxylation is 1. The number of esters is 1. The number of aliphatic hydroxyl groups excluding tert-OH is 1. The number of likely N-dealkylation sites (tertiary alicyclic amines) is 1. The maximum absolute atomic E-state index is 14.1. The summed E-state index contributed by atoms with van der Waals surface area (Å²) in [7, 11) is 0. The van der Waals surface area contributed by atoms with Gasteiger partial charge in [-0.05, 0) is 50.3 Å². The van der Waals surface area contributed by atoms with Crippen LogP contribution in [0, 0.1) is 18.8 Å². The molecule has 3 aliphatic heterocycles. The van der Waals surface area contributed by atoms with E-state index in [1.54, 1.807) is 19.1 Å². The van der Waals surface area contributed by atoms with Crippen LogP contribution >= 0.6 is 11.6 Å². The number of rotatable bonds is 8. The van der Waals surface area contributed by atoms with E-state index in [0.29, 0.717) is 30.0 Å². The van der Waals surface area contributed by atoms with Gasteiger partial charge >= 0.3 is 5.97 Å². The number of para-hydroxylation sites is 1. The Morgan fingerprint density at radius 1 is 1.24 bits per heavy atom. The largest absolute Gasteiger partial charge is 0.466 e. The van der Waals surface area contributed by atoms with Crippen LogP contribution in [0.4, 0.5) is 5.69 Å². The molecule has 0 aromatic heterocycles. The van der Waals surface area contributed by atoms with E-state index < -0.39 is 47.5 Å².